The summed E-state index contributed by atoms with van der Waals surface area (Å²) in [6.45, 7) is 5.81. The fraction of sp³-hybridized carbons (Fsp3) is 0.440. The summed E-state index contributed by atoms with van der Waals surface area (Å²) in [5.41, 5.74) is 1.76. The molecule has 2 aromatic rings. The normalized spacial score (nSPS) is 19.2. The van der Waals surface area contributed by atoms with Crippen LogP contribution in [-0.4, -0.2) is 78.9 Å². The lowest BCUT2D eigenvalue weighted by atomic mass is 10.1. The van der Waals surface area contributed by atoms with Crippen LogP contribution in [0.1, 0.15) is 19.3 Å². The van der Waals surface area contributed by atoms with Gasteiger partial charge in [-0.3, -0.25) is 24.3 Å². The van der Waals surface area contributed by atoms with E-state index in [4.69, 9.17) is 11.6 Å². The van der Waals surface area contributed by atoms with Gasteiger partial charge >= 0.3 is 0 Å². The number of piperazine rings is 1. The van der Waals surface area contributed by atoms with Gasteiger partial charge in [-0.05, 0) is 49.6 Å². The molecule has 0 radical (unpaired) electrons. The number of anilines is 2. The summed E-state index contributed by atoms with van der Waals surface area (Å²) in [5, 5.41) is 0.624. The number of hydrogen-bond acceptors (Lipinski definition) is 5. The van der Waals surface area contributed by atoms with Crippen LogP contribution in [0.15, 0.2) is 52.3 Å². The third-order valence-electron chi connectivity index (χ3n) is 6.63. The number of halogens is 1. The standard InChI is InChI=1S/C25H29ClN4O2S/c26-19-8-9-23-21(16-19)30(20-6-2-3-7-22(20)33-23)25(32)18-28-14-12-27(13-15-28)17-24(31)29-10-4-1-5-11-29/h2-3,6-9,16H,1,4-5,10-15,17-18H2. The molecule has 0 spiro atoms. The Morgan fingerprint density at radius 3 is 2.12 bits per heavy atom. The molecule has 5 rings (SSSR count). The molecule has 2 fully saturated rings. The molecule has 0 unspecified atom stereocenters. The van der Waals surface area contributed by atoms with Gasteiger partial charge in [0.05, 0.1) is 24.5 Å². The van der Waals surface area contributed by atoms with Gasteiger partial charge in [0.1, 0.15) is 0 Å². The van der Waals surface area contributed by atoms with E-state index in [0.29, 0.717) is 18.1 Å². The zero-order valence-corrected chi connectivity index (χ0v) is 20.3. The number of nitrogens with zero attached hydrogens (tertiary/aromatic N) is 4. The van der Waals surface area contributed by atoms with Gasteiger partial charge in [-0.1, -0.05) is 35.5 Å². The average Bonchev–Trinajstić information content (AvgIpc) is 2.84. The molecular weight excluding hydrogens is 456 g/mol. The number of hydrogen-bond donors (Lipinski definition) is 0. The quantitative estimate of drug-likeness (QED) is 0.654. The molecule has 0 bridgehead atoms. The highest BCUT2D eigenvalue weighted by atomic mass is 35.5. The molecule has 0 saturated carbocycles. The zero-order valence-electron chi connectivity index (χ0n) is 18.7. The first kappa shape index (κ1) is 22.7. The first-order valence-corrected chi connectivity index (χ1v) is 12.9. The molecule has 0 atom stereocenters. The third-order valence-corrected chi connectivity index (χ3v) is 7.99. The van der Waals surface area contributed by atoms with Gasteiger partial charge in [0.25, 0.3) is 0 Å². The highest BCUT2D eigenvalue weighted by molar-refractivity contribution is 7.99. The number of amides is 2. The summed E-state index contributed by atoms with van der Waals surface area (Å²) >= 11 is 7.95. The Kier molecular flexibility index (Phi) is 6.92. The summed E-state index contributed by atoms with van der Waals surface area (Å²) in [7, 11) is 0. The minimum Gasteiger partial charge on any atom is -0.342 e. The third kappa shape index (κ3) is 5.06. The lowest BCUT2D eigenvalue weighted by Crippen LogP contribution is -2.52. The second kappa shape index (κ2) is 10.1. The molecule has 3 aliphatic rings. The van der Waals surface area contributed by atoms with Crippen molar-refractivity contribution in [2.45, 2.75) is 29.1 Å². The van der Waals surface area contributed by atoms with Crippen LogP contribution in [-0.2, 0) is 9.59 Å². The topological polar surface area (TPSA) is 47.1 Å². The molecule has 0 aromatic heterocycles. The van der Waals surface area contributed by atoms with Crippen LogP contribution in [0.5, 0.6) is 0 Å². The fourth-order valence-corrected chi connectivity index (χ4v) is 6.00. The summed E-state index contributed by atoms with van der Waals surface area (Å²) < 4.78 is 0. The Labute approximate surface area is 204 Å². The zero-order chi connectivity index (χ0) is 22.8. The first-order valence-electron chi connectivity index (χ1n) is 11.7. The lowest BCUT2D eigenvalue weighted by Gasteiger charge is -2.37. The highest BCUT2D eigenvalue weighted by Crippen LogP contribution is 2.48. The van der Waals surface area contributed by atoms with Gasteiger partial charge < -0.3 is 4.90 Å². The number of likely N-dealkylation sites (tertiary alicyclic amines) is 1. The van der Waals surface area contributed by atoms with Crippen molar-refractivity contribution in [3.63, 3.8) is 0 Å². The molecule has 2 aromatic carbocycles. The molecule has 2 amide bonds. The maximum atomic E-state index is 13.5. The number of fused-ring (bicyclic) bond motifs is 2. The van der Waals surface area contributed by atoms with Crippen LogP contribution in [0.3, 0.4) is 0 Å². The van der Waals surface area contributed by atoms with Crippen molar-refractivity contribution in [2.75, 3.05) is 57.3 Å². The molecule has 174 valence electrons. The van der Waals surface area contributed by atoms with E-state index in [-0.39, 0.29) is 11.8 Å². The van der Waals surface area contributed by atoms with Crippen molar-refractivity contribution in [3.05, 3.63) is 47.5 Å². The maximum Gasteiger partial charge on any atom is 0.245 e. The monoisotopic (exact) mass is 484 g/mol. The Morgan fingerprint density at radius 2 is 1.39 bits per heavy atom. The van der Waals surface area contributed by atoms with Crippen LogP contribution in [0.2, 0.25) is 5.02 Å². The Balaban J connectivity index is 1.22. The van der Waals surface area contributed by atoms with Crippen LogP contribution < -0.4 is 4.90 Å². The van der Waals surface area contributed by atoms with E-state index in [2.05, 4.69) is 15.9 Å². The summed E-state index contributed by atoms with van der Waals surface area (Å²) in [6.07, 6.45) is 3.47. The minimum absolute atomic E-state index is 0.0455. The number of carbonyl (C=O) groups is 2. The Morgan fingerprint density at radius 1 is 0.758 bits per heavy atom. The van der Waals surface area contributed by atoms with Crippen LogP contribution in [0.25, 0.3) is 0 Å². The largest absolute Gasteiger partial charge is 0.342 e. The predicted octanol–water partition coefficient (Wildman–Crippen LogP) is 4.10. The second-order valence-corrected chi connectivity index (χ2v) is 10.4. The molecule has 0 aliphatic carbocycles. The van der Waals surface area contributed by atoms with Crippen LogP contribution in [0.4, 0.5) is 11.4 Å². The van der Waals surface area contributed by atoms with E-state index in [1.807, 2.05) is 46.2 Å². The number of benzene rings is 2. The SMILES string of the molecule is O=C(CN1CCN(CC(=O)N2c3ccccc3Sc3ccc(Cl)cc32)CC1)N1CCCCC1. The van der Waals surface area contributed by atoms with E-state index >= 15 is 0 Å². The number of carbonyl (C=O) groups excluding carboxylic acids is 2. The summed E-state index contributed by atoms with van der Waals surface area (Å²) in [6, 6.07) is 13.7. The number of piperidine rings is 1. The van der Waals surface area contributed by atoms with Crippen LogP contribution in [0, 0.1) is 0 Å². The molecule has 0 N–H and O–H groups in total. The van der Waals surface area contributed by atoms with Crippen molar-refractivity contribution in [3.8, 4) is 0 Å². The van der Waals surface area contributed by atoms with Crippen molar-refractivity contribution < 1.29 is 9.59 Å². The number of para-hydroxylation sites is 1. The van der Waals surface area contributed by atoms with Gasteiger partial charge in [-0.15, -0.1) is 0 Å². The van der Waals surface area contributed by atoms with Crippen molar-refractivity contribution >= 4 is 46.6 Å². The van der Waals surface area contributed by atoms with Crippen molar-refractivity contribution in [1.29, 1.82) is 0 Å². The average molecular weight is 485 g/mol. The van der Waals surface area contributed by atoms with Crippen molar-refractivity contribution in [1.82, 2.24) is 14.7 Å². The molecule has 33 heavy (non-hydrogen) atoms. The fourth-order valence-electron chi connectivity index (χ4n) is 4.80. The van der Waals surface area contributed by atoms with Gasteiger partial charge in [0, 0.05) is 54.1 Å². The smallest absolute Gasteiger partial charge is 0.245 e. The van der Waals surface area contributed by atoms with E-state index in [1.54, 1.807) is 11.8 Å². The van der Waals surface area contributed by atoms with Gasteiger partial charge in [-0.2, -0.15) is 0 Å². The van der Waals surface area contributed by atoms with Crippen LogP contribution >= 0.6 is 23.4 Å². The minimum atomic E-state index is 0.0455. The van der Waals surface area contributed by atoms with E-state index < -0.39 is 0 Å². The lowest BCUT2D eigenvalue weighted by molar-refractivity contribution is -0.134. The van der Waals surface area contributed by atoms with E-state index in [1.165, 1.54) is 6.42 Å². The van der Waals surface area contributed by atoms with Gasteiger partial charge in [-0.25, -0.2) is 0 Å². The predicted molar refractivity (Wildman–Crippen MR) is 132 cm³/mol. The van der Waals surface area contributed by atoms with Gasteiger partial charge in [0.2, 0.25) is 11.8 Å². The molecule has 3 heterocycles. The summed E-state index contributed by atoms with van der Waals surface area (Å²) in [4.78, 5) is 36.5. The van der Waals surface area contributed by atoms with E-state index in [0.717, 1.165) is 73.3 Å². The molecule has 2 saturated heterocycles. The van der Waals surface area contributed by atoms with E-state index in [9.17, 15) is 9.59 Å². The molecule has 3 aliphatic heterocycles. The van der Waals surface area contributed by atoms with Crippen molar-refractivity contribution in [2.24, 2.45) is 0 Å². The maximum absolute atomic E-state index is 13.5. The Hall–Kier alpha value is -2.06. The number of rotatable bonds is 4. The highest BCUT2D eigenvalue weighted by Gasteiger charge is 2.30. The molecular formula is C25H29ClN4O2S. The second-order valence-electron chi connectivity index (χ2n) is 8.90. The van der Waals surface area contributed by atoms with Gasteiger partial charge in [0.15, 0.2) is 0 Å². The first-order chi connectivity index (χ1) is 16.1. The Bertz CT molecular complexity index is 1030. The summed E-state index contributed by atoms with van der Waals surface area (Å²) in [5.74, 6) is 0.291. The molecule has 8 heteroatoms. The molecule has 6 nitrogen and oxygen atoms in total.